The van der Waals surface area contributed by atoms with Gasteiger partial charge in [-0.25, -0.2) is 0 Å². The van der Waals surface area contributed by atoms with Crippen LogP contribution in [-0.4, -0.2) is 23.4 Å². The molecule has 0 saturated carbocycles. The Bertz CT molecular complexity index is 687. The number of rotatable bonds is 4. The summed E-state index contributed by atoms with van der Waals surface area (Å²) in [5.74, 6) is -0.409. The summed E-state index contributed by atoms with van der Waals surface area (Å²) >= 11 is 0. The molecule has 0 N–H and O–H groups in total. The van der Waals surface area contributed by atoms with Crippen LogP contribution < -0.4 is 5.43 Å². The van der Waals surface area contributed by atoms with Crippen molar-refractivity contribution < 1.29 is 14.3 Å². The highest BCUT2D eigenvalue weighted by molar-refractivity contribution is 5.87. The minimum Gasteiger partial charge on any atom is -0.465 e. The van der Waals surface area contributed by atoms with Crippen LogP contribution in [0.3, 0.4) is 0 Å². The van der Waals surface area contributed by atoms with Crippen molar-refractivity contribution in [3.63, 3.8) is 0 Å². The Morgan fingerprint density at radius 1 is 1.37 bits per heavy atom. The molecule has 19 heavy (non-hydrogen) atoms. The molecular formula is C14H13NO4. The number of hydrogen-bond donors (Lipinski definition) is 0. The third-order valence-electron chi connectivity index (χ3n) is 2.75. The molecule has 1 aromatic heterocycles. The third-order valence-corrected chi connectivity index (χ3v) is 2.75. The fourth-order valence-corrected chi connectivity index (χ4v) is 1.93. The number of para-hydroxylation sites is 1. The Kier molecular flexibility index (Phi) is 3.75. The lowest BCUT2D eigenvalue weighted by atomic mass is 10.1. The Morgan fingerprint density at radius 2 is 2.11 bits per heavy atom. The molecule has 1 heterocycles. The summed E-state index contributed by atoms with van der Waals surface area (Å²) in [6.07, 6.45) is 1.88. The number of ether oxygens (including phenoxy) is 1. The molecule has 0 amide bonds. The maximum absolute atomic E-state index is 12.0. The Balaban J connectivity index is 2.59. The first-order valence-electron chi connectivity index (χ1n) is 5.90. The number of fused-ring (bicyclic) bond motifs is 1. The second-order valence-electron chi connectivity index (χ2n) is 3.98. The van der Waals surface area contributed by atoms with Crippen molar-refractivity contribution in [1.82, 2.24) is 4.57 Å². The first-order chi connectivity index (χ1) is 9.17. The van der Waals surface area contributed by atoms with E-state index in [0.29, 0.717) is 17.2 Å². The van der Waals surface area contributed by atoms with Gasteiger partial charge in [-0.3, -0.25) is 14.4 Å². The lowest BCUT2D eigenvalue weighted by Crippen LogP contribution is -2.19. The zero-order valence-corrected chi connectivity index (χ0v) is 10.5. The van der Waals surface area contributed by atoms with E-state index in [0.717, 1.165) is 0 Å². The zero-order chi connectivity index (χ0) is 13.8. The van der Waals surface area contributed by atoms with E-state index in [1.807, 2.05) is 0 Å². The maximum atomic E-state index is 12.0. The number of pyridine rings is 1. The van der Waals surface area contributed by atoms with Crippen LogP contribution in [-0.2, 0) is 16.1 Å². The number of aldehydes is 1. The van der Waals surface area contributed by atoms with E-state index in [-0.39, 0.29) is 24.1 Å². The average molecular weight is 259 g/mol. The van der Waals surface area contributed by atoms with E-state index in [4.69, 9.17) is 4.74 Å². The van der Waals surface area contributed by atoms with Crippen molar-refractivity contribution in [2.45, 2.75) is 13.5 Å². The summed E-state index contributed by atoms with van der Waals surface area (Å²) in [5.41, 5.74) is 0.305. The van der Waals surface area contributed by atoms with E-state index in [2.05, 4.69) is 0 Å². The van der Waals surface area contributed by atoms with Gasteiger partial charge in [-0.1, -0.05) is 12.1 Å². The first-order valence-corrected chi connectivity index (χ1v) is 5.90. The number of benzene rings is 1. The van der Waals surface area contributed by atoms with Crippen LogP contribution in [0.5, 0.6) is 0 Å². The van der Waals surface area contributed by atoms with Crippen molar-refractivity contribution in [3.8, 4) is 0 Å². The lowest BCUT2D eigenvalue weighted by Gasteiger charge is -2.10. The van der Waals surface area contributed by atoms with E-state index in [1.54, 1.807) is 35.8 Å². The number of carbonyl (C=O) groups is 2. The molecule has 2 aromatic rings. The normalized spacial score (nSPS) is 10.4. The quantitative estimate of drug-likeness (QED) is 0.614. The molecule has 0 unspecified atom stereocenters. The van der Waals surface area contributed by atoms with Crippen molar-refractivity contribution in [2.24, 2.45) is 0 Å². The molecule has 5 nitrogen and oxygen atoms in total. The molecule has 0 bridgehead atoms. The minimum atomic E-state index is -0.409. The zero-order valence-electron chi connectivity index (χ0n) is 10.5. The predicted molar refractivity (Wildman–Crippen MR) is 70.2 cm³/mol. The number of aromatic nitrogens is 1. The minimum absolute atomic E-state index is 0.0306. The standard InChI is InChI=1S/C14H13NO4/c1-2-19-13(17)8-15-7-10(9-16)14(18)11-5-3-4-6-12(11)15/h3-7,9H,2,8H2,1H3. The van der Waals surface area contributed by atoms with E-state index >= 15 is 0 Å². The monoisotopic (exact) mass is 259 g/mol. The SMILES string of the molecule is CCOC(=O)Cn1cc(C=O)c(=O)c2ccccc21. The summed E-state index contributed by atoms with van der Waals surface area (Å²) in [4.78, 5) is 34.4. The molecule has 0 aliphatic heterocycles. The van der Waals surface area contributed by atoms with Gasteiger partial charge in [-0.15, -0.1) is 0 Å². The summed E-state index contributed by atoms with van der Waals surface area (Å²) in [7, 11) is 0. The van der Waals surface area contributed by atoms with Gasteiger partial charge in [0.2, 0.25) is 0 Å². The average Bonchev–Trinajstić information content (AvgIpc) is 2.42. The van der Waals surface area contributed by atoms with Crippen molar-refractivity contribution in [1.29, 1.82) is 0 Å². The fraction of sp³-hybridized carbons (Fsp3) is 0.214. The van der Waals surface area contributed by atoms with Gasteiger partial charge in [0.05, 0.1) is 17.7 Å². The molecule has 0 radical (unpaired) electrons. The van der Waals surface area contributed by atoms with Gasteiger partial charge in [-0.2, -0.15) is 0 Å². The smallest absolute Gasteiger partial charge is 0.325 e. The molecule has 0 atom stereocenters. The summed E-state index contributed by atoms with van der Waals surface area (Å²) in [6, 6.07) is 6.84. The number of hydrogen-bond acceptors (Lipinski definition) is 4. The van der Waals surface area contributed by atoms with E-state index < -0.39 is 5.97 Å². The summed E-state index contributed by atoms with van der Waals surface area (Å²) in [6.45, 7) is 1.98. The topological polar surface area (TPSA) is 65.4 Å². The molecule has 98 valence electrons. The van der Waals surface area contributed by atoms with Crippen LogP contribution in [0, 0.1) is 0 Å². The second kappa shape index (κ2) is 5.48. The molecule has 2 rings (SSSR count). The van der Waals surface area contributed by atoms with Gasteiger partial charge in [0.1, 0.15) is 6.54 Å². The first kappa shape index (κ1) is 13.0. The van der Waals surface area contributed by atoms with E-state index in [1.165, 1.54) is 6.20 Å². The van der Waals surface area contributed by atoms with Crippen LogP contribution in [0.4, 0.5) is 0 Å². The molecule has 5 heteroatoms. The van der Waals surface area contributed by atoms with Crippen LogP contribution in [0.2, 0.25) is 0 Å². The maximum Gasteiger partial charge on any atom is 0.325 e. The lowest BCUT2D eigenvalue weighted by molar-refractivity contribution is -0.143. The van der Waals surface area contributed by atoms with Crippen LogP contribution in [0.25, 0.3) is 10.9 Å². The van der Waals surface area contributed by atoms with Crippen molar-refractivity contribution in [2.75, 3.05) is 6.61 Å². The van der Waals surface area contributed by atoms with Gasteiger partial charge < -0.3 is 9.30 Å². The van der Waals surface area contributed by atoms with Crippen molar-refractivity contribution in [3.05, 3.63) is 46.2 Å². The Morgan fingerprint density at radius 3 is 2.79 bits per heavy atom. The summed E-state index contributed by atoms with van der Waals surface area (Å²) < 4.78 is 6.43. The predicted octanol–water partition coefficient (Wildman–Crippen LogP) is 1.38. The van der Waals surface area contributed by atoms with Gasteiger partial charge >= 0.3 is 5.97 Å². The summed E-state index contributed by atoms with van der Waals surface area (Å²) in [5, 5.41) is 0.413. The highest BCUT2D eigenvalue weighted by Gasteiger charge is 2.10. The number of esters is 1. The van der Waals surface area contributed by atoms with Crippen LogP contribution >= 0.6 is 0 Å². The van der Waals surface area contributed by atoms with Gasteiger partial charge in [0, 0.05) is 11.6 Å². The molecule has 0 aliphatic rings. The molecule has 0 fully saturated rings. The highest BCUT2D eigenvalue weighted by atomic mass is 16.5. The highest BCUT2D eigenvalue weighted by Crippen LogP contribution is 2.11. The Hall–Kier alpha value is -2.43. The van der Waals surface area contributed by atoms with E-state index in [9.17, 15) is 14.4 Å². The largest absolute Gasteiger partial charge is 0.465 e. The molecular weight excluding hydrogens is 246 g/mol. The molecule has 1 aromatic carbocycles. The third kappa shape index (κ3) is 2.54. The van der Waals surface area contributed by atoms with Crippen molar-refractivity contribution >= 4 is 23.2 Å². The molecule has 0 saturated heterocycles. The number of nitrogens with zero attached hydrogens (tertiary/aromatic N) is 1. The molecule has 0 spiro atoms. The van der Waals surface area contributed by atoms with Gasteiger partial charge in [0.15, 0.2) is 11.7 Å². The number of carbonyl (C=O) groups excluding carboxylic acids is 2. The second-order valence-corrected chi connectivity index (χ2v) is 3.98. The van der Waals surface area contributed by atoms with Crippen LogP contribution in [0.1, 0.15) is 17.3 Å². The molecule has 0 aliphatic carbocycles. The van der Waals surface area contributed by atoms with Gasteiger partial charge in [-0.05, 0) is 19.1 Å². The fourth-order valence-electron chi connectivity index (χ4n) is 1.93. The van der Waals surface area contributed by atoms with Gasteiger partial charge in [0.25, 0.3) is 0 Å². The Labute approximate surface area is 109 Å². The van der Waals surface area contributed by atoms with Crippen LogP contribution in [0.15, 0.2) is 35.3 Å².